The molecule has 0 radical (unpaired) electrons. The number of thioether (sulfide) groups is 1. The van der Waals surface area contributed by atoms with Crippen LogP contribution < -0.4 is 43.7 Å². The largest absolute Gasteiger partial charge is 0.503 e. The highest BCUT2D eigenvalue weighted by atomic mass is 32.2. The number of hydrogen-bond donors (Lipinski definition) is 13. The molecule has 0 saturated carbocycles. The van der Waals surface area contributed by atoms with Gasteiger partial charge in [0.1, 0.15) is 36.4 Å². The van der Waals surface area contributed by atoms with Crippen LogP contribution in [0.15, 0.2) is 145 Å². The van der Waals surface area contributed by atoms with Gasteiger partial charge in [-0.05, 0) is 98.8 Å². The van der Waals surface area contributed by atoms with Crippen molar-refractivity contribution in [3.05, 3.63) is 212 Å². The number of aromatic hydroxyl groups is 2. The first-order valence-corrected chi connectivity index (χ1v) is 45.2. The predicted octanol–water partition coefficient (Wildman–Crippen LogP) is 16.4. The molecule has 41 nitrogen and oxygen atoms in total. The summed E-state index contributed by atoms with van der Waals surface area (Å²) in [5.41, 5.74) is 5.38. The fourth-order valence-electron chi connectivity index (χ4n) is 10.8. The van der Waals surface area contributed by atoms with E-state index in [1.807, 2.05) is 172 Å². The third-order valence-electron chi connectivity index (χ3n) is 18.7. The molecular formula is C90H138F2N20O21S2. The molecule has 13 N–H and O–H groups in total. The predicted molar refractivity (Wildman–Crippen MR) is 506 cm³/mol. The number of alkyl carbamates (subject to hydrolysis) is 1. The molecule has 6 amide bonds. The summed E-state index contributed by atoms with van der Waals surface area (Å²) in [5, 5.41) is 88.4. The number of carbonyl (C=O) groups excluding carboxylic acids is 6. The highest BCUT2D eigenvalue weighted by Crippen LogP contribution is 2.28. The van der Waals surface area contributed by atoms with Gasteiger partial charge in [0.25, 0.3) is 27.8 Å². The monoisotopic (exact) mass is 1940 g/mol. The smallest absolute Gasteiger partial charge is 0.414 e. The van der Waals surface area contributed by atoms with Crippen LogP contribution in [0, 0.1) is 41.2 Å². The molecule has 13 heterocycles. The van der Waals surface area contributed by atoms with E-state index >= 15 is 0 Å². The van der Waals surface area contributed by atoms with Crippen LogP contribution in [0.4, 0.5) is 18.4 Å². The van der Waals surface area contributed by atoms with E-state index in [1.54, 1.807) is 53.9 Å². The maximum atomic E-state index is 12.7. The van der Waals surface area contributed by atoms with Crippen molar-refractivity contribution in [2.24, 2.45) is 52.1 Å². The standard InChI is InChI=1S/C9H10F2O.C8H10O3.C7H12N2O.2C7H11NO2.3C6H10N2O.C6H9NO3.C6H9NO2S.C6H9NO2.C6H9NOS.C5H9N3O.C5H9N3/c1-5(2)6-3-7(10)9(12)8(11)4-6;1-5(2)6-3-11-4-7(9)8(6)10;1-5(2)6-4-7(10)8-9(6)3;1-7(2,3)5-4-8-10-6(5)9;1-4(2)5-3-6(9)8-7(5)10;1-5(2)6-3-7-4-8(6)9;1-5(2)6-7-3-4-8(6)9;1-5(2)6-3-4-7-8(6)9;2*1-3(2)4-5(8)7-6(9)10-4;2*1-4(2)5-3-6(8)7-9-5;1-4(2)5-3-6-7-8(5)9;1-4(2)5-3-6-8-7-5/h3-5,12H,1-2H3;3-5,9H,1-2H3;4-5H,1-3H3,(H,8,10);4,8H,1-3H3;4-5H,3H2,1-2H3,(H,8,9,10);3*3-5,9H,1-2H3;2*3-4H,1-2H3,(H,7,8,9);2*3-4H,1-2H3,(H,7,8);3-4,9H,1-2H3;4H,3H2,1-2H3. The Balaban J connectivity index is 0.000000728. The Morgan fingerprint density at radius 3 is 1.41 bits per heavy atom. The second-order valence-corrected chi connectivity index (χ2v) is 37.6. The number of phenols is 1. The van der Waals surface area contributed by atoms with E-state index in [1.165, 1.54) is 36.4 Å². The number of nitrogens with zero attached hydrogens (tertiary/aromatic N) is 13. The van der Waals surface area contributed by atoms with Crippen molar-refractivity contribution in [2.75, 3.05) is 6.54 Å². The minimum atomic E-state index is -0.904. The SMILES string of the molecule is CC(C)(C)c1c[nH]oc1=O.CC(C)C1=NN=NC1.CC(C)C1CC(=O)NC1=O.CC(C)C1OC(=O)NC1=O.CC(C)C1SC(=O)NC1=O.CC(C)c1cc(=O)[nH]n1C.CC(C)c1cc(=O)[nH]o1.CC(C)c1cc(=O)[nH]s1.CC(C)c1cc(F)c(O)c(F)c1.CC(C)c1ccnn1O.CC(C)c1cncn1O.CC(C)c1cnnn1O.CC(C)c1cocc(O)c1=O.CC(C)c1nccn1O. The van der Waals surface area contributed by atoms with Gasteiger partial charge >= 0.3 is 11.7 Å². The average molecular weight is 1940 g/mol. The summed E-state index contributed by atoms with van der Waals surface area (Å²) in [4.78, 5) is 128. The number of imide groups is 3. The maximum Gasteiger partial charge on any atom is 0.414 e. The lowest BCUT2D eigenvalue weighted by atomic mass is 9.90. The molecule has 9 aromatic heterocycles. The van der Waals surface area contributed by atoms with Crippen molar-refractivity contribution in [3.8, 4) is 11.5 Å². The summed E-state index contributed by atoms with van der Waals surface area (Å²) in [6, 6.07) is 8.82. The zero-order chi connectivity index (χ0) is 104. The quantitative estimate of drug-likeness (QED) is 0.0377. The minimum absolute atomic E-state index is 0.0173. The third-order valence-corrected chi connectivity index (χ3v) is 21.2. The van der Waals surface area contributed by atoms with Gasteiger partial charge in [-0.2, -0.15) is 19.7 Å². The number of cyclic esters (lactones) is 1. The number of H-pyrrole nitrogens is 4. The van der Waals surface area contributed by atoms with Crippen molar-refractivity contribution >= 4 is 64.0 Å². The van der Waals surface area contributed by atoms with Gasteiger partial charge in [-0.25, -0.2) is 33.5 Å². The van der Waals surface area contributed by atoms with Crippen LogP contribution in [0.3, 0.4) is 0 Å². The Morgan fingerprint density at radius 2 is 1.17 bits per heavy atom. The first-order valence-electron chi connectivity index (χ1n) is 43.5. The molecule has 4 aliphatic heterocycles. The van der Waals surface area contributed by atoms with Gasteiger partial charge in [0.15, 0.2) is 29.2 Å². The molecule has 10 aromatic rings. The molecule has 4 aliphatic rings. The zero-order valence-corrected chi connectivity index (χ0v) is 84.1. The summed E-state index contributed by atoms with van der Waals surface area (Å²) in [6.45, 7) is 57.6. The average Bonchev–Trinajstić information content (AvgIpc) is 1.25. The number of amides is 6. The number of phenolic OH excluding ortho intramolecular Hbond substituents is 1. The van der Waals surface area contributed by atoms with Crippen LogP contribution in [-0.4, -0.2) is 159 Å². The van der Waals surface area contributed by atoms with Crippen molar-refractivity contribution < 1.29 is 86.8 Å². The van der Waals surface area contributed by atoms with Crippen LogP contribution in [0.25, 0.3) is 0 Å². The van der Waals surface area contributed by atoms with Crippen molar-refractivity contribution in [1.29, 1.82) is 0 Å². The number of aromatic amines is 4. The van der Waals surface area contributed by atoms with Crippen LogP contribution in [0.1, 0.15) is 316 Å². The third kappa shape index (κ3) is 43.6. The van der Waals surface area contributed by atoms with E-state index in [4.69, 9.17) is 40.0 Å². The maximum absolute atomic E-state index is 12.7. The first kappa shape index (κ1) is 120. The lowest BCUT2D eigenvalue weighted by Gasteiger charge is -2.12. The number of benzene rings is 1. The van der Waals surface area contributed by atoms with Crippen LogP contribution in [-0.2, 0) is 36.4 Å². The van der Waals surface area contributed by atoms with Crippen LogP contribution in [0.2, 0.25) is 0 Å². The van der Waals surface area contributed by atoms with Crippen molar-refractivity contribution in [3.63, 3.8) is 0 Å². The van der Waals surface area contributed by atoms with E-state index in [0.717, 1.165) is 82.7 Å². The van der Waals surface area contributed by atoms with E-state index in [0.29, 0.717) is 70.8 Å². The summed E-state index contributed by atoms with van der Waals surface area (Å²) in [5.74, 6) is 1.11. The van der Waals surface area contributed by atoms with Gasteiger partial charge in [0.05, 0.1) is 59.0 Å². The molecule has 1 aromatic carbocycles. The Hall–Kier alpha value is -13.1. The first-order chi connectivity index (χ1) is 62.7. The molecule has 3 fully saturated rings. The molecule has 135 heavy (non-hydrogen) atoms. The number of rotatable bonds is 13. The number of carbonyl (C=O) groups is 6. The summed E-state index contributed by atoms with van der Waals surface area (Å²) < 4.78 is 50.6. The molecule has 0 spiro atoms. The lowest BCUT2D eigenvalue weighted by Crippen LogP contribution is -2.27. The Morgan fingerprint density at radius 1 is 0.570 bits per heavy atom. The van der Waals surface area contributed by atoms with Gasteiger partial charge in [0, 0.05) is 83.9 Å². The summed E-state index contributed by atoms with van der Waals surface area (Å²) in [6.07, 6.45) is 12.4. The molecule has 45 heteroatoms. The number of halogens is 2. The van der Waals surface area contributed by atoms with Gasteiger partial charge in [-0.1, -0.05) is 229 Å². The summed E-state index contributed by atoms with van der Waals surface area (Å²) >= 11 is 2.50. The van der Waals surface area contributed by atoms with E-state index < -0.39 is 29.6 Å². The van der Waals surface area contributed by atoms with Gasteiger partial charge in [-0.3, -0.25) is 73.3 Å². The lowest BCUT2D eigenvalue weighted by molar-refractivity contribution is -0.126. The second-order valence-electron chi connectivity index (χ2n) is 35.6. The molecule has 0 aliphatic carbocycles. The number of nitrogens with one attached hydrogen (secondary N) is 7. The number of imidazole rings is 2. The molecule has 750 valence electrons. The van der Waals surface area contributed by atoms with Gasteiger partial charge < -0.3 is 49.2 Å². The van der Waals surface area contributed by atoms with Gasteiger partial charge in [-0.15, -0.1) is 20.1 Å². The number of aromatic nitrogens is 14. The van der Waals surface area contributed by atoms with E-state index in [-0.39, 0.29) is 126 Å². The number of ether oxygens (including phenoxy) is 1. The molecular weight excluding hydrogens is 1800 g/mol. The highest BCUT2D eigenvalue weighted by Gasteiger charge is 2.36. The van der Waals surface area contributed by atoms with Gasteiger partial charge in [0.2, 0.25) is 23.2 Å². The minimum Gasteiger partial charge on any atom is -0.503 e. The zero-order valence-electron chi connectivity index (χ0n) is 82.5. The van der Waals surface area contributed by atoms with Crippen molar-refractivity contribution in [2.45, 2.75) is 277 Å². The number of hydrogen-bond acceptors (Lipinski definition) is 31. The Kier molecular flexibility index (Phi) is 52.2. The Bertz CT molecular complexity index is 5270. The molecule has 3 unspecified atom stereocenters. The van der Waals surface area contributed by atoms with Crippen LogP contribution in [0.5, 0.6) is 11.5 Å². The molecule has 3 atom stereocenters. The fraction of sp³-hybridized carbons (Fsp3) is 0.544. The Labute approximate surface area is 790 Å². The second kappa shape index (κ2) is 58.8. The van der Waals surface area contributed by atoms with E-state index in [9.17, 15) is 61.5 Å². The molecule has 0 bridgehead atoms. The van der Waals surface area contributed by atoms with Crippen molar-refractivity contribution in [1.82, 2.24) is 84.9 Å². The highest BCUT2D eigenvalue weighted by molar-refractivity contribution is 8.15. The summed E-state index contributed by atoms with van der Waals surface area (Å²) in [7, 11) is 1.84. The fourth-order valence-corrected chi connectivity index (χ4v) is 12.3. The number of aryl methyl sites for hydroxylation is 1. The topological polar surface area (TPSA) is 583 Å². The molecule has 14 rings (SSSR count). The van der Waals surface area contributed by atoms with E-state index in [2.05, 4.69) is 122 Å². The normalized spacial score (nSPS) is 14.4. The molecule has 3 saturated heterocycles. The van der Waals surface area contributed by atoms with Crippen LogP contribution >= 0.6 is 23.3 Å².